The molecule has 0 amide bonds. The number of rotatable bonds is 6. The van der Waals surface area contributed by atoms with Crippen molar-refractivity contribution in [2.45, 2.75) is 77.7 Å². The lowest BCUT2D eigenvalue weighted by molar-refractivity contribution is 0.389. The molecule has 1 aromatic carbocycles. The molecule has 24 heavy (non-hydrogen) atoms. The Labute approximate surface area is 150 Å². The number of nitrogens with one attached hydrogen (secondary N) is 1. The molecule has 1 aliphatic carbocycles. The molecule has 1 N–H and O–H groups in total. The molecule has 2 rings (SSSR count). The van der Waals surface area contributed by atoms with Crippen molar-refractivity contribution in [2.24, 2.45) is 0 Å². The second-order valence-electron chi connectivity index (χ2n) is 9.56. The quantitative estimate of drug-likeness (QED) is 0.753. The van der Waals surface area contributed by atoms with Crippen LogP contribution in [-0.4, -0.2) is 32.1 Å². The van der Waals surface area contributed by atoms with E-state index in [1.807, 2.05) is 0 Å². The molecule has 136 valence electrons. The Hall–Kier alpha value is -0.860. The molecule has 0 saturated carbocycles. The van der Waals surface area contributed by atoms with Crippen LogP contribution in [0.5, 0.6) is 0 Å². The van der Waals surface area contributed by atoms with Crippen LogP contribution >= 0.6 is 0 Å². The fourth-order valence-electron chi connectivity index (χ4n) is 3.79. The number of hydrogen-bond acceptors (Lipinski definition) is 2. The molecule has 0 saturated heterocycles. The molecular formula is C22H38N2. The summed E-state index contributed by atoms with van der Waals surface area (Å²) < 4.78 is 0. The molecule has 0 aromatic heterocycles. The summed E-state index contributed by atoms with van der Waals surface area (Å²) in [5.41, 5.74) is 6.73. The zero-order chi connectivity index (χ0) is 18.1. The van der Waals surface area contributed by atoms with Crippen LogP contribution in [0.1, 0.15) is 82.7 Å². The minimum absolute atomic E-state index is 0.201. The monoisotopic (exact) mass is 330 g/mol. The minimum Gasteiger partial charge on any atom is -0.310 e. The highest BCUT2D eigenvalue weighted by molar-refractivity contribution is 5.49. The van der Waals surface area contributed by atoms with Crippen LogP contribution in [0.15, 0.2) is 12.1 Å². The molecule has 0 heterocycles. The predicted octanol–water partition coefficient (Wildman–Crippen LogP) is 4.81. The Kier molecular flexibility index (Phi) is 5.82. The predicted molar refractivity (Wildman–Crippen MR) is 106 cm³/mol. The van der Waals surface area contributed by atoms with E-state index in [-0.39, 0.29) is 5.41 Å². The van der Waals surface area contributed by atoms with E-state index in [1.165, 1.54) is 30.4 Å². The summed E-state index contributed by atoms with van der Waals surface area (Å²) in [4.78, 5) is 2.26. The highest BCUT2D eigenvalue weighted by atomic mass is 15.1. The maximum Gasteiger partial charge on any atom is 0.0294 e. The van der Waals surface area contributed by atoms with Gasteiger partial charge in [0.05, 0.1) is 0 Å². The summed E-state index contributed by atoms with van der Waals surface area (Å²) in [6, 6.07) is 5.39. The molecule has 0 radical (unpaired) electrons. The Morgan fingerprint density at radius 2 is 1.88 bits per heavy atom. The molecule has 2 heteroatoms. The summed E-state index contributed by atoms with van der Waals surface area (Å²) in [7, 11) is 4.29. The molecule has 0 aliphatic heterocycles. The lowest BCUT2D eigenvalue weighted by Gasteiger charge is -2.28. The van der Waals surface area contributed by atoms with Gasteiger partial charge >= 0.3 is 0 Å². The lowest BCUT2D eigenvalue weighted by atomic mass is 9.79. The summed E-state index contributed by atoms with van der Waals surface area (Å²) in [6.45, 7) is 16.4. The van der Waals surface area contributed by atoms with E-state index >= 15 is 0 Å². The van der Waals surface area contributed by atoms with Crippen molar-refractivity contribution < 1.29 is 0 Å². The lowest BCUT2D eigenvalue weighted by Crippen LogP contribution is -2.25. The topological polar surface area (TPSA) is 15.3 Å². The second-order valence-corrected chi connectivity index (χ2v) is 9.56. The van der Waals surface area contributed by atoms with Crippen LogP contribution in [0.2, 0.25) is 0 Å². The fourth-order valence-corrected chi connectivity index (χ4v) is 3.79. The number of benzene rings is 1. The molecule has 1 aliphatic rings. The zero-order valence-electron chi connectivity index (χ0n) is 17.2. The van der Waals surface area contributed by atoms with Crippen LogP contribution in [-0.2, 0) is 17.3 Å². The maximum atomic E-state index is 3.76. The third-order valence-electron chi connectivity index (χ3n) is 5.58. The van der Waals surface area contributed by atoms with Gasteiger partial charge in [-0.3, -0.25) is 0 Å². The average Bonchev–Trinajstić information content (AvgIpc) is 2.77. The first-order valence-corrected chi connectivity index (χ1v) is 9.58. The third kappa shape index (κ3) is 4.40. The van der Waals surface area contributed by atoms with Crippen molar-refractivity contribution in [3.05, 3.63) is 34.4 Å². The van der Waals surface area contributed by atoms with Crippen LogP contribution in [0, 0.1) is 0 Å². The van der Waals surface area contributed by atoms with Crippen molar-refractivity contribution >= 4 is 0 Å². The summed E-state index contributed by atoms with van der Waals surface area (Å²) in [6.07, 6.45) is 3.70. The second kappa shape index (κ2) is 7.17. The molecule has 1 unspecified atom stereocenters. The minimum atomic E-state index is 0.201. The van der Waals surface area contributed by atoms with Crippen molar-refractivity contribution in [2.75, 3.05) is 27.2 Å². The molecular weight excluding hydrogens is 292 g/mol. The molecule has 2 nitrogen and oxygen atoms in total. The Morgan fingerprint density at radius 1 is 1.21 bits per heavy atom. The van der Waals surface area contributed by atoms with Gasteiger partial charge in [-0.1, -0.05) is 46.8 Å². The smallest absolute Gasteiger partial charge is 0.0294 e. The van der Waals surface area contributed by atoms with Crippen molar-refractivity contribution in [1.29, 1.82) is 0 Å². The molecule has 1 atom stereocenters. The molecule has 0 spiro atoms. The van der Waals surface area contributed by atoms with E-state index in [4.69, 9.17) is 0 Å². The Bertz CT molecular complexity index is 564. The summed E-state index contributed by atoms with van der Waals surface area (Å²) >= 11 is 0. The van der Waals surface area contributed by atoms with Crippen LogP contribution < -0.4 is 5.32 Å². The van der Waals surface area contributed by atoms with Gasteiger partial charge in [-0.15, -0.1) is 0 Å². The van der Waals surface area contributed by atoms with Gasteiger partial charge in [-0.05, 0) is 86.5 Å². The van der Waals surface area contributed by atoms with E-state index in [9.17, 15) is 0 Å². The number of fused-ring (bicyclic) bond motifs is 1. The zero-order valence-corrected chi connectivity index (χ0v) is 17.2. The van der Waals surface area contributed by atoms with Gasteiger partial charge in [0.2, 0.25) is 0 Å². The first-order valence-electron chi connectivity index (χ1n) is 9.58. The van der Waals surface area contributed by atoms with Gasteiger partial charge in [0.25, 0.3) is 0 Å². The fraction of sp³-hybridized carbons (Fsp3) is 0.727. The van der Waals surface area contributed by atoms with Gasteiger partial charge in [0.1, 0.15) is 0 Å². The first kappa shape index (κ1) is 19.5. The van der Waals surface area contributed by atoms with E-state index in [0.717, 1.165) is 13.1 Å². The van der Waals surface area contributed by atoms with Gasteiger partial charge in [-0.25, -0.2) is 0 Å². The van der Waals surface area contributed by atoms with Crippen molar-refractivity contribution in [3.8, 4) is 0 Å². The van der Waals surface area contributed by atoms with Gasteiger partial charge in [0, 0.05) is 6.04 Å². The molecule has 0 bridgehead atoms. The Balaban J connectivity index is 2.27. The molecule has 0 fully saturated rings. The molecule has 1 aromatic rings. The van der Waals surface area contributed by atoms with E-state index in [2.05, 4.69) is 78.0 Å². The highest BCUT2D eigenvalue weighted by Crippen LogP contribution is 2.43. The summed E-state index contributed by atoms with van der Waals surface area (Å²) in [5, 5.41) is 3.76. The first-order chi connectivity index (χ1) is 11.0. The third-order valence-corrected chi connectivity index (χ3v) is 5.58. The van der Waals surface area contributed by atoms with E-state index in [1.54, 1.807) is 11.1 Å². The average molecular weight is 331 g/mol. The van der Waals surface area contributed by atoms with Gasteiger partial charge < -0.3 is 10.2 Å². The van der Waals surface area contributed by atoms with E-state index < -0.39 is 0 Å². The van der Waals surface area contributed by atoms with Crippen molar-refractivity contribution in [3.63, 3.8) is 0 Å². The highest BCUT2D eigenvalue weighted by Gasteiger charge is 2.33. The number of hydrogen-bond donors (Lipinski definition) is 1. The standard InChI is InChI=1S/C22H38N2/c1-16(23-12-9-13-24(7)8)19-14-17(21(2,3)4)15-20-18(19)10-11-22(20,5)6/h14-16,23H,9-13H2,1-8H3. The van der Waals surface area contributed by atoms with Gasteiger partial charge in [-0.2, -0.15) is 0 Å². The summed E-state index contributed by atoms with van der Waals surface area (Å²) in [5.74, 6) is 0. The van der Waals surface area contributed by atoms with Gasteiger partial charge in [0.15, 0.2) is 0 Å². The number of nitrogens with zero attached hydrogens (tertiary/aromatic N) is 1. The van der Waals surface area contributed by atoms with Crippen LogP contribution in [0.25, 0.3) is 0 Å². The van der Waals surface area contributed by atoms with Crippen molar-refractivity contribution in [1.82, 2.24) is 10.2 Å². The Morgan fingerprint density at radius 3 is 2.46 bits per heavy atom. The van der Waals surface area contributed by atoms with E-state index in [0.29, 0.717) is 11.5 Å². The van der Waals surface area contributed by atoms with Crippen LogP contribution in [0.3, 0.4) is 0 Å². The van der Waals surface area contributed by atoms with Crippen LogP contribution in [0.4, 0.5) is 0 Å². The largest absolute Gasteiger partial charge is 0.310 e. The normalized spacial score (nSPS) is 18.0. The SMILES string of the molecule is CC(NCCCN(C)C)c1cc(C(C)(C)C)cc2c1CCC2(C)C. The maximum absolute atomic E-state index is 3.76.